The molecule has 1 N–H and O–H groups in total. The van der Waals surface area contributed by atoms with Gasteiger partial charge in [-0.25, -0.2) is 0 Å². The first-order chi connectivity index (χ1) is 10.6. The average molecular weight is 301 g/mol. The van der Waals surface area contributed by atoms with Crippen molar-refractivity contribution in [2.24, 2.45) is 11.8 Å². The molecular formula is C17H19NO4. The van der Waals surface area contributed by atoms with Gasteiger partial charge in [0.25, 0.3) is 0 Å². The minimum Gasteiger partial charge on any atom is -0.481 e. The van der Waals surface area contributed by atoms with Gasteiger partial charge < -0.3 is 14.7 Å². The molecule has 22 heavy (non-hydrogen) atoms. The van der Waals surface area contributed by atoms with Gasteiger partial charge in [-0.1, -0.05) is 30.3 Å². The number of rotatable bonds is 4. The lowest BCUT2D eigenvalue weighted by molar-refractivity contribution is -0.149. The summed E-state index contributed by atoms with van der Waals surface area (Å²) in [5.41, 5.74) is 0.645. The molecule has 5 heteroatoms. The van der Waals surface area contributed by atoms with Gasteiger partial charge in [0.2, 0.25) is 5.91 Å². The second-order valence-electron chi connectivity index (χ2n) is 6.60. The molecule has 116 valence electrons. The molecular weight excluding hydrogens is 282 g/mol. The van der Waals surface area contributed by atoms with Crippen LogP contribution in [0.25, 0.3) is 0 Å². The van der Waals surface area contributed by atoms with Gasteiger partial charge in [-0.2, -0.15) is 0 Å². The number of benzene rings is 1. The SMILES string of the molecule is O=C(O)[C@@H]1[C@H]2C(=O)N(CCc3ccccc3)C[C@@]23CC[C@H]1O3. The summed E-state index contributed by atoms with van der Waals surface area (Å²) in [7, 11) is 0. The Kier molecular flexibility index (Phi) is 3.01. The Morgan fingerprint density at radius 3 is 2.86 bits per heavy atom. The summed E-state index contributed by atoms with van der Waals surface area (Å²) < 4.78 is 5.97. The number of carboxylic acids is 1. The molecule has 4 rings (SSSR count). The van der Waals surface area contributed by atoms with Gasteiger partial charge in [-0.3, -0.25) is 9.59 Å². The molecule has 3 fully saturated rings. The number of fused-ring (bicyclic) bond motifs is 1. The van der Waals surface area contributed by atoms with E-state index in [1.807, 2.05) is 30.3 Å². The van der Waals surface area contributed by atoms with E-state index >= 15 is 0 Å². The minimum absolute atomic E-state index is 0.0365. The number of carbonyl (C=O) groups excluding carboxylic acids is 1. The van der Waals surface area contributed by atoms with Gasteiger partial charge in [0.15, 0.2) is 0 Å². The van der Waals surface area contributed by atoms with Crippen LogP contribution >= 0.6 is 0 Å². The number of amides is 1. The molecule has 0 radical (unpaired) electrons. The molecule has 0 saturated carbocycles. The highest BCUT2D eigenvalue weighted by Crippen LogP contribution is 2.55. The molecule has 4 atom stereocenters. The third kappa shape index (κ3) is 1.88. The van der Waals surface area contributed by atoms with Crippen LogP contribution in [0, 0.1) is 11.8 Å². The lowest BCUT2D eigenvalue weighted by Crippen LogP contribution is -2.41. The zero-order valence-electron chi connectivity index (χ0n) is 12.3. The monoisotopic (exact) mass is 301 g/mol. The van der Waals surface area contributed by atoms with Crippen molar-refractivity contribution in [3.63, 3.8) is 0 Å². The van der Waals surface area contributed by atoms with E-state index in [1.165, 1.54) is 5.56 Å². The van der Waals surface area contributed by atoms with Crippen LogP contribution in [0.2, 0.25) is 0 Å². The van der Waals surface area contributed by atoms with Crippen LogP contribution in [-0.4, -0.2) is 46.7 Å². The van der Waals surface area contributed by atoms with E-state index in [9.17, 15) is 14.7 Å². The Morgan fingerprint density at radius 1 is 1.36 bits per heavy atom. The first-order valence-electron chi connectivity index (χ1n) is 7.84. The van der Waals surface area contributed by atoms with Crippen molar-refractivity contribution in [1.29, 1.82) is 0 Å². The van der Waals surface area contributed by atoms with Crippen molar-refractivity contribution in [3.8, 4) is 0 Å². The van der Waals surface area contributed by atoms with Crippen LogP contribution < -0.4 is 0 Å². The number of carbonyl (C=O) groups is 2. The van der Waals surface area contributed by atoms with Crippen molar-refractivity contribution in [3.05, 3.63) is 35.9 Å². The van der Waals surface area contributed by atoms with Gasteiger partial charge in [0.05, 0.1) is 30.1 Å². The molecule has 1 spiro atoms. The number of hydrogen-bond donors (Lipinski definition) is 1. The number of ether oxygens (including phenoxy) is 1. The van der Waals surface area contributed by atoms with Crippen LogP contribution in [0.15, 0.2) is 30.3 Å². The van der Waals surface area contributed by atoms with Gasteiger partial charge in [-0.05, 0) is 24.8 Å². The van der Waals surface area contributed by atoms with Gasteiger partial charge in [0, 0.05) is 6.54 Å². The summed E-state index contributed by atoms with van der Waals surface area (Å²) in [6, 6.07) is 10.0. The first-order valence-corrected chi connectivity index (χ1v) is 7.84. The van der Waals surface area contributed by atoms with E-state index < -0.39 is 23.4 Å². The highest BCUT2D eigenvalue weighted by molar-refractivity contribution is 5.89. The zero-order valence-corrected chi connectivity index (χ0v) is 12.3. The quantitative estimate of drug-likeness (QED) is 0.911. The zero-order chi connectivity index (χ0) is 15.3. The maximum absolute atomic E-state index is 12.7. The Bertz CT molecular complexity index is 616. The molecule has 1 aromatic rings. The van der Waals surface area contributed by atoms with Gasteiger partial charge >= 0.3 is 5.97 Å². The minimum atomic E-state index is -0.894. The van der Waals surface area contributed by atoms with Crippen LogP contribution in [0.1, 0.15) is 18.4 Å². The Labute approximate surface area is 128 Å². The van der Waals surface area contributed by atoms with Gasteiger partial charge in [-0.15, -0.1) is 0 Å². The standard InChI is InChI=1S/C17H19NO4/c19-15-14-13(16(20)21)12-6-8-17(14,22-12)10-18(15)9-7-11-4-2-1-3-5-11/h1-5,12-14H,6-10H2,(H,20,21)/t12-,13+,14+,17+/m1/s1. The van der Waals surface area contributed by atoms with Crippen molar-refractivity contribution < 1.29 is 19.4 Å². The number of carboxylic acid groups (broad SMARTS) is 1. The number of nitrogens with zero attached hydrogens (tertiary/aromatic N) is 1. The van der Waals surface area contributed by atoms with Crippen LogP contribution in [0.4, 0.5) is 0 Å². The predicted octanol–water partition coefficient (Wildman–Crippen LogP) is 1.32. The maximum atomic E-state index is 12.7. The fourth-order valence-corrected chi connectivity index (χ4v) is 4.42. The fourth-order valence-electron chi connectivity index (χ4n) is 4.42. The maximum Gasteiger partial charge on any atom is 0.310 e. The molecule has 3 aliphatic heterocycles. The second-order valence-corrected chi connectivity index (χ2v) is 6.60. The van der Waals surface area contributed by atoms with Gasteiger partial charge in [0.1, 0.15) is 0 Å². The topological polar surface area (TPSA) is 66.8 Å². The van der Waals surface area contributed by atoms with Crippen molar-refractivity contribution in [2.45, 2.75) is 31.0 Å². The van der Waals surface area contributed by atoms with Crippen LogP contribution in [0.3, 0.4) is 0 Å². The normalized spacial score (nSPS) is 35.9. The van der Waals surface area contributed by atoms with Crippen LogP contribution in [0.5, 0.6) is 0 Å². The number of likely N-dealkylation sites (tertiary alicyclic amines) is 1. The molecule has 1 amide bonds. The van der Waals surface area contributed by atoms with E-state index in [4.69, 9.17) is 4.74 Å². The van der Waals surface area contributed by atoms with E-state index in [1.54, 1.807) is 4.90 Å². The predicted molar refractivity (Wildman–Crippen MR) is 78.2 cm³/mol. The summed E-state index contributed by atoms with van der Waals surface area (Å²) in [6.07, 6.45) is 2.08. The third-order valence-corrected chi connectivity index (χ3v) is 5.40. The summed E-state index contributed by atoms with van der Waals surface area (Å²) in [5.74, 6) is -2.08. The highest BCUT2D eigenvalue weighted by Gasteiger charge is 2.68. The molecule has 2 bridgehead atoms. The molecule has 5 nitrogen and oxygen atoms in total. The van der Waals surface area contributed by atoms with E-state index in [0.717, 1.165) is 19.3 Å². The Morgan fingerprint density at radius 2 is 2.14 bits per heavy atom. The third-order valence-electron chi connectivity index (χ3n) is 5.40. The summed E-state index contributed by atoms with van der Waals surface area (Å²) >= 11 is 0. The van der Waals surface area contributed by atoms with Crippen molar-refractivity contribution >= 4 is 11.9 Å². The molecule has 3 heterocycles. The molecule has 0 aromatic heterocycles. The van der Waals surface area contributed by atoms with E-state index in [2.05, 4.69) is 0 Å². The fraction of sp³-hybridized carbons (Fsp3) is 0.529. The first kappa shape index (κ1) is 13.8. The van der Waals surface area contributed by atoms with Crippen LogP contribution in [-0.2, 0) is 20.7 Å². The smallest absolute Gasteiger partial charge is 0.310 e. The Hall–Kier alpha value is -1.88. The molecule has 3 aliphatic rings. The van der Waals surface area contributed by atoms with Crippen molar-refractivity contribution in [2.75, 3.05) is 13.1 Å². The molecule has 0 aliphatic carbocycles. The second kappa shape index (κ2) is 4.81. The summed E-state index contributed by atoms with van der Waals surface area (Å²) in [5, 5.41) is 9.44. The lowest BCUT2D eigenvalue weighted by atomic mass is 9.73. The average Bonchev–Trinajstić information content (AvgIpc) is 3.14. The number of hydrogen-bond acceptors (Lipinski definition) is 3. The van der Waals surface area contributed by atoms with Crippen molar-refractivity contribution in [1.82, 2.24) is 4.90 Å². The summed E-state index contributed by atoms with van der Waals surface area (Å²) in [4.78, 5) is 26.0. The highest BCUT2D eigenvalue weighted by atomic mass is 16.5. The van der Waals surface area contributed by atoms with E-state index in [0.29, 0.717) is 13.1 Å². The molecule has 1 aromatic carbocycles. The molecule has 3 saturated heterocycles. The largest absolute Gasteiger partial charge is 0.481 e. The van der Waals surface area contributed by atoms with E-state index in [-0.39, 0.29) is 12.0 Å². The summed E-state index contributed by atoms with van der Waals surface area (Å²) in [6.45, 7) is 1.17. The lowest BCUT2D eigenvalue weighted by Gasteiger charge is -2.25. The number of aliphatic carboxylic acids is 1. The Balaban J connectivity index is 1.51. The molecule has 0 unspecified atom stereocenters.